The SMILES string of the molecule is CCCOc1ccc(CNCC)c(OCc2cccs2)c1. The van der Waals surface area contributed by atoms with E-state index in [1.54, 1.807) is 11.3 Å². The molecule has 3 nitrogen and oxygen atoms in total. The average Bonchev–Trinajstić information content (AvgIpc) is 3.03. The second kappa shape index (κ2) is 8.70. The third-order valence-corrected chi connectivity index (χ3v) is 3.88. The van der Waals surface area contributed by atoms with Crippen LogP contribution in [0, 0.1) is 0 Å². The summed E-state index contributed by atoms with van der Waals surface area (Å²) in [5, 5.41) is 5.41. The highest BCUT2D eigenvalue weighted by atomic mass is 32.1. The minimum atomic E-state index is 0.605. The third kappa shape index (κ3) is 5.06. The lowest BCUT2D eigenvalue weighted by atomic mass is 10.2. The average molecular weight is 305 g/mol. The summed E-state index contributed by atoms with van der Waals surface area (Å²) in [6.45, 7) is 7.30. The van der Waals surface area contributed by atoms with E-state index in [4.69, 9.17) is 9.47 Å². The molecule has 114 valence electrons. The molecule has 0 unspecified atom stereocenters. The highest BCUT2D eigenvalue weighted by Gasteiger charge is 2.07. The van der Waals surface area contributed by atoms with Gasteiger partial charge in [-0.3, -0.25) is 0 Å². The fourth-order valence-corrected chi connectivity index (χ4v) is 2.54. The predicted octanol–water partition coefficient (Wildman–Crippen LogP) is 4.23. The summed E-state index contributed by atoms with van der Waals surface area (Å²) in [5.74, 6) is 1.77. The van der Waals surface area contributed by atoms with E-state index in [1.165, 1.54) is 4.88 Å². The van der Waals surface area contributed by atoms with Crippen LogP contribution in [0.1, 0.15) is 30.7 Å². The number of benzene rings is 1. The lowest BCUT2D eigenvalue weighted by Crippen LogP contribution is -2.13. The van der Waals surface area contributed by atoms with Gasteiger partial charge in [0.1, 0.15) is 18.1 Å². The van der Waals surface area contributed by atoms with Gasteiger partial charge in [-0.15, -0.1) is 11.3 Å². The van der Waals surface area contributed by atoms with Gasteiger partial charge in [0.25, 0.3) is 0 Å². The van der Waals surface area contributed by atoms with Crippen LogP contribution < -0.4 is 14.8 Å². The van der Waals surface area contributed by atoms with Gasteiger partial charge in [-0.25, -0.2) is 0 Å². The zero-order valence-corrected chi connectivity index (χ0v) is 13.5. The molecule has 1 aromatic carbocycles. The van der Waals surface area contributed by atoms with Crippen molar-refractivity contribution in [2.75, 3.05) is 13.2 Å². The second-order valence-corrected chi connectivity index (χ2v) is 5.80. The van der Waals surface area contributed by atoms with E-state index >= 15 is 0 Å². The van der Waals surface area contributed by atoms with Crippen molar-refractivity contribution in [3.05, 3.63) is 46.2 Å². The van der Waals surface area contributed by atoms with Crippen LogP contribution in [0.15, 0.2) is 35.7 Å². The van der Waals surface area contributed by atoms with Crippen molar-refractivity contribution >= 4 is 11.3 Å². The molecule has 21 heavy (non-hydrogen) atoms. The lowest BCUT2D eigenvalue weighted by Gasteiger charge is -2.13. The van der Waals surface area contributed by atoms with E-state index in [1.807, 2.05) is 18.2 Å². The van der Waals surface area contributed by atoms with Gasteiger partial charge in [0.15, 0.2) is 0 Å². The molecule has 0 aliphatic rings. The maximum Gasteiger partial charge on any atom is 0.128 e. The molecule has 0 saturated carbocycles. The van der Waals surface area contributed by atoms with Gasteiger partial charge in [0.05, 0.1) is 6.61 Å². The number of hydrogen-bond acceptors (Lipinski definition) is 4. The maximum absolute atomic E-state index is 5.99. The molecule has 1 heterocycles. The van der Waals surface area contributed by atoms with Gasteiger partial charge < -0.3 is 14.8 Å². The molecule has 4 heteroatoms. The zero-order valence-electron chi connectivity index (χ0n) is 12.7. The maximum atomic E-state index is 5.99. The van der Waals surface area contributed by atoms with E-state index in [0.29, 0.717) is 6.61 Å². The molecule has 2 rings (SSSR count). The van der Waals surface area contributed by atoms with E-state index in [9.17, 15) is 0 Å². The van der Waals surface area contributed by atoms with Crippen molar-refractivity contribution in [2.45, 2.75) is 33.4 Å². The van der Waals surface area contributed by atoms with Crippen LogP contribution in [0.3, 0.4) is 0 Å². The van der Waals surface area contributed by atoms with Gasteiger partial charge in [-0.1, -0.05) is 26.0 Å². The van der Waals surface area contributed by atoms with Crippen LogP contribution in [0.2, 0.25) is 0 Å². The van der Waals surface area contributed by atoms with Crippen molar-refractivity contribution in [1.82, 2.24) is 5.32 Å². The van der Waals surface area contributed by atoms with Crippen LogP contribution in [0.5, 0.6) is 11.5 Å². The number of nitrogens with one attached hydrogen (secondary N) is 1. The first-order chi connectivity index (χ1) is 10.3. The standard InChI is InChI=1S/C17H23NO2S/c1-3-9-19-15-8-7-14(12-18-4-2)17(11-15)20-13-16-6-5-10-21-16/h5-8,10-11,18H,3-4,9,12-13H2,1-2H3. The molecule has 0 spiro atoms. The van der Waals surface area contributed by atoms with Crippen LogP contribution in [0.4, 0.5) is 0 Å². The van der Waals surface area contributed by atoms with Crippen LogP contribution in [-0.2, 0) is 13.2 Å². The molecule has 0 atom stereocenters. The Labute approximate surface area is 130 Å². The Bertz CT molecular complexity index is 526. The van der Waals surface area contributed by atoms with Crippen molar-refractivity contribution in [3.8, 4) is 11.5 Å². The van der Waals surface area contributed by atoms with E-state index in [0.717, 1.165) is 43.2 Å². The Hall–Kier alpha value is -1.52. The topological polar surface area (TPSA) is 30.5 Å². The Kier molecular flexibility index (Phi) is 6.57. The van der Waals surface area contributed by atoms with Gasteiger partial charge in [0, 0.05) is 23.1 Å². The number of ether oxygens (including phenoxy) is 2. The summed E-state index contributed by atoms with van der Waals surface area (Å²) in [5.41, 5.74) is 1.16. The summed E-state index contributed by atoms with van der Waals surface area (Å²) in [4.78, 5) is 1.23. The third-order valence-electron chi connectivity index (χ3n) is 3.03. The van der Waals surface area contributed by atoms with E-state index < -0.39 is 0 Å². The van der Waals surface area contributed by atoms with Crippen molar-refractivity contribution in [3.63, 3.8) is 0 Å². The van der Waals surface area contributed by atoms with Gasteiger partial charge in [-0.2, -0.15) is 0 Å². The van der Waals surface area contributed by atoms with Gasteiger partial charge in [0.2, 0.25) is 0 Å². The molecule has 0 bridgehead atoms. The Morgan fingerprint density at radius 2 is 2.05 bits per heavy atom. The smallest absolute Gasteiger partial charge is 0.128 e. The quantitative estimate of drug-likeness (QED) is 0.752. The highest BCUT2D eigenvalue weighted by Crippen LogP contribution is 2.26. The first-order valence-electron chi connectivity index (χ1n) is 7.45. The number of hydrogen-bond donors (Lipinski definition) is 1. The van der Waals surface area contributed by atoms with Crippen molar-refractivity contribution in [2.24, 2.45) is 0 Å². The molecule has 1 N–H and O–H groups in total. The van der Waals surface area contributed by atoms with Crippen LogP contribution in [-0.4, -0.2) is 13.2 Å². The number of thiophene rings is 1. The Morgan fingerprint density at radius 3 is 2.76 bits per heavy atom. The molecular weight excluding hydrogens is 282 g/mol. The van der Waals surface area contributed by atoms with Crippen molar-refractivity contribution in [1.29, 1.82) is 0 Å². The fraction of sp³-hybridized carbons (Fsp3) is 0.412. The summed E-state index contributed by atoms with van der Waals surface area (Å²) in [7, 11) is 0. The molecule has 0 radical (unpaired) electrons. The largest absolute Gasteiger partial charge is 0.493 e. The fourth-order valence-electron chi connectivity index (χ4n) is 1.93. The summed E-state index contributed by atoms with van der Waals surface area (Å²) >= 11 is 1.71. The van der Waals surface area contributed by atoms with Gasteiger partial charge >= 0.3 is 0 Å². The lowest BCUT2D eigenvalue weighted by molar-refractivity contribution is 0.294. The van der Waals surface area contributed by atoms with Gasteiger partial charge in [-0.05, 0) is 30.5 Å². The molecule has 0 amide bonds. The molecular formula is C17H23NO2S. The zero-order chi connectivity index (χ0) is 14.9. The summed E-state index contributed by atoms with van der Waals surface area (Å²) in [6, 6.07) is 10.2. The molecule has 0 aliphatic carbocycles. The Balaban J connectivity index is 2.08. The monoisotopic (exact) mass is 305 g/mol. The predicted molar refractivity (Wildman–Crippen MR) is 88.3 cm³/mol. The highest BCUT2D eigenvalue weighted by molar-refractivity contribution is 7.09. The summed E-state index contributed by atoms with van der Waals surface area (Å²) < 4.78 is 11.7. The first kappa shape index (κ1) is 15.9. The minimum absolute atomic E-state index is 0.605. The van der Waals surface area contributed by atoms with Crippen LogP contribution >= 0.6 is 11.3 Å². The molecule has 0 aliphatic heterocycles. The molecule has 0 saturated heterocycles. The molecule has 0 fully saturated rings. The summed E-state index contributed by atoms with van der Waals surface area (Å²) in [6.07, 6.45) is 1.00. The van der Waals surface area contributed by atoms with Crippen molar-refractivity contribution < 1.29 is 9.47 Å². The Morgan fingerprint density at radius 1 is 1.14 bits per heavy atom. The minimum Gasteiger partial charge on any atom is -0.493 e. The molecule has 1 aromatic heterocycles. The normalized spacial score (nSPS) is 10.6. The van der Waals surface area contributed by atoms with E-state index in [-0.39, 0.29) is 0 Å². The number of rotatable bonds is 9. The first-order valence-corrected chi connectivity index (χ1v) is 8.33. The second-order valence-electron chi connectivity index (χ2n) is 4.77. The van der Waals surface area contributed by atoms with E-state index in [2.05, 4.69) is 36.7 Å². The molecule has 2 aromatic rings. The van der Waals surface area contributed by atoms with Crippen LogP contribution in [0.25, 0.3) is 0 Å².